The van der Waals surface area contributed by atoms with Gasteiger partial charge < -0.3 is 8.66 Å². The first-order valence-electron chi connectivity index (χ1n) is 8.06. The van der Waals surface area contributed by atoms with E-state index in [4.69, 9.17) is 4.43 Å². The molecule has 0 unspecified atom stereocenters. The Kier molecular flexibility index (Phi) is 4.49. The third kappa shape index (κ3) is 3.72. The summed E-state index contributed by atoms with van der Waals surface area (Å²) in [7, 11) is -4.52. The fourth-order valence-electron chi connectivity index (χ4n) is 3.44. The van der Waals surface area contributed by atoms with Gasteiger partial charge in [0.1, 0.15) is 16.5 Å². The lowest BCUT2D eigenvalue weighted by atomic mass is 10.2. The fraction of sp³-hybridized carbons (Fsp3) is 0.562. The minimum Gasteiger partial charge on any atom is -0.516 e. The van der Waals surface area contributed by atoms with E-state index in [1.165, 1.54) is 17.8 Å². The molecule has 22 heavy (non-hydrogen) atoms. The average Bonchev–Trinajstić information content (AvgIpc) is 2.57. The molecule has 6 heteroatoms. The van der Waals surface area contributed by atoms with Crippen molar-refractivity contribution in [1.29, 1.82) is 0 Å². The first kappa shape index (κ1) is 17.5. The molecular weight excluding hydrogens is 322 g/mol. The molecule has 2 rings (SSSR count). The average molecular weight is 352 g/mol. The highest BCUT2D eigenvalue weighted by Gasteiger charge is 2.47. The van der Waals surface area contributed by atoms with Gasteiger partial charge in [0.25, 0.3) is 0 Å². The van der Waals surface area contributed by atoms with Gasteiger partial charge in [-0.1, -0.05) is 26.2 Å². The highest BCUT2D eigenvalue weighted by molar-refractivity contribution is 7.04. The minimum atomic E-state index is -1.83. The molecule has 0 N–H and O–H groups in total. The maximum absolute atomic E-state index is 12.2. The van der Waals surface area contributed by atoms with E-state index in [9.17, 15) is 4.79 Å². The van der Waals surface area contributed by atoms with Crippen LogP contribution in [0.25, 0.3) is 0 Å². The lowest BCUT2D eigenvalue weighted by Crippen LogP contribution is -2.55. The first-order chi connectivity index (χ1) is 9.92. The van der Waals surface area contributed by atoms with Crippen LogP contribution in [0.3, 0.4) is 0 Å². The SMILES string of the molecule is C[Si](C)(C)OC(=O)c1ccc(N2[Si](C)(C)CC[Si]2(C)C)cc1. The van der Waals surface area contributed by atoms with Gasteiger partial charge in [0.2, 0.25) is 8.32 Å². The van der Waals surface area contributed by atoms with Gasteiger partial charge in [-0.2, -0.15) is 0 Å². The van der Waals surface area contributed by atoms with E-state index < -0.39 is 24.8 Å². The van der Waals surface area contributed by atoms with Crippen LogP contribution >= 0.6 is 0 Å². The van der Waals surface area contributed by atoms with Crippen LogP contribution < -0.4 is 4.23 Å². The lowest BCUT2D eigenvalue weighted by Gasteiger charge is -2.41. The summed E-state index contributed by atoms with van der Waals surface area (Å²) in [5.41, 5.74) is 1.97. The van der Waals surface area contributed by atoms with Crippen LogP contribution in [0.15, 0.2) is 24.3 Å². The van der Waals surface area contributed by atoms with Crippen molar-refractivity contribution in [3.05, 3.63) is 29.8 Å². The zero-order chi connectivity index (χ0) is 16.8. The monoisotopic (exact) mass is 351 g/mol. The fourth-order valence-corrected chi connectivity index (χ4v) is 18.4. The van der Waals surface area contributed by atoms with Crippen LogP contribution in [0.1, 0.15) is 10.4 Å². The molecule has 0 spiro atoms. The zero-order valence-corrected chi connectivity index (χ0v) is 18.0. The van der Waals surface area contributed by atoms with Crippen LogP contribution in [0.2, 0.25) is 57.9 Å². The van der Waals surface area contributed by atoms with Crippen LogP contribution in [0, 0.1) is 0 Å². The molecular formula is C16H29NO2Si3. The van der Waals surface area contributed by atoms with Gasteiger partial charge in [0.05, 0.1) is 5.56 Å². The molecule has 0 amide bonds. The smallest absolute Gasteiger partial charge is 0.324 e. The highest BCUT2D eigenvalue weighted by atomic mass is 28.4. The molecule has 1 aromatic rings. The Labute approximate surface area is 138 Å². The third-order valence-corrected chi connectivity index (χ3v) is 15.1. The number of hydrogen-bond acceptors (Lipinski definition) is 3. The van der Waals surface area contributed by atoms with Crippen molar-refractivity contribution in [1.82, 2.24) is 0 Å². The van der Waals surface area contributed by atoms with E-state index in [1.807, 2.05) is 31.8 Å². The van der Waals surface area contributed by atoms with Crippen molar-refractivity contribution >= 4 is 36.4 Å². The number of anilines is 1. The van der Waals surface area contributed by atoms with Crippen LogP contribution in [-0.2, 0) is 4.43 Å². The normalized spacial score (nSPS) is 20.0. The summed E-state index contributed by atoms with van der Waals surface area (Å²) in [6.45, 7) is 15.9. The molecule has 0 bridgehead atoms. The van der Waals surface area contributed by atoms with Crippen LogP contribution in [-0.4, -0.2) is 30.8 Å². The van der Waals surface area contributed by atoms with Gasteiger partial charge >= 0.3 is 5.97 Å². The number of carbonyl (C=O) groups is 1. The summed E-state index contributed by atoms with van der Waals surface area (Å²) in [6.07, 6.45) is 0. The third-order valence-electron chi connectivity index (χ3n) is 4.32. The maximum Gasteiger partial charge on any atom is 0.324 e. The molecule has 1 fully saturated rings. The quantitative estimate of drug-likeness (QED) is 0.725. The Balaban J connectivity index is 2.24. The van der Waals surface area contributed by atoms with E-state index in [0.29, 0.717) is 5.56 Å². The van der Waals surface area contributed by atoms with Crippen molar-refractivity contribution in [3.8, 4) is 0 Å². The summed E-state index contributed by atoms with van der Waals surface area (Å²) in [4.78, 5) is 12.2. The van der Waals surface area contributed by atoms with Gasteiger partial charge in [0, 0.05) is 5.69 Å². The molecule has 0 aliphatic carbocycles. The summed E-state index contributed by atoms with van der Waals surface area (Å²) in [5.74, 6) is -0.180. The topological polar surface area (TPSA) is 29.5 Å². The molecule has 3 nitrogen and oxygen atoms in total. The molecule has 122 valence electrons. The van der Waals surface area contributed by atoms with Gasteiger partial charge in [-0.25, -0.2) is 4.79 Å². The number of hydrogen-bond donors (Lipinski definition) is 0. The number of nitrogens with zero attached hydrogens (tertiary/aromatic N) is 1. The Bertz CT molecular complexity index is 546. The van der Waals surface area contributed by atoms with E-state index in [1.54, 1.807) is 0 Å². The Morgan fingerprint density at radius 3 is 1.86 bits per heavy atom. The van der Waals surface area contributed by atoms with E-state index in [-0.39, 0.29) is 5.97 Å². The number of rotatable bonds is 3. The summed E-state index contributed by atoms with van der Waals surface area (Å²) < 4.78 is 8.33. The van der Waals surface area contributed by atoms with Gasteiger partial charge in [-0.3, -0.25) is 0 Å². The van der Waals surface area contributed by atoms with Gasteiger partial charge in [-0.15, -0.1) is 0 Å². The van der Waals surface area contributed by atoms with Gasteiger partial charge in [-0.05, 0) is 56.0 Å². The van der Waals surface area contributed by atoms with Gasteiger partial charge in [0.15, 0.2) is 0 Å². The van der Waals surface area contributed by atoms with Crippen molar-refractivity contribution in [2.75, 3.05) is 4.23 Å². The summed E-state index contributed by atoms with van der Waals surface area (Å²) in [6, 6.07) is 10.9. The second kappa shape index (κ2) is 5.65. The van der Waals surface area contributed by atoms with E-state index >= 15 is 0 Å². The second-order valence-electron chi connectivity index (χ2n) is 8.51. The lowest BCUT2D eigenvalue weighted by molar-refractivity contribution is 0.0724. The largest absolute Gasteiger partial charge is 0.516 e. The van der Waals surface area contributed by atoms with Crippen molar-refractivity contribution < 1.29 is 9.22 Å². The summed E-state index contributed by atoms with van der Waals surface area (Å²) >= 11 is 0. The van der Waals surface area contributed by atoms with Crippen LogP contribution in [0.5, 0.6) is 0 Å². The molecule has 1 aliphatic heterocycles. The molecule has 1 aromatic carbocycles. The molecule has 1 aliphatic rings. The molecule has 0 aromatic heterocycles. The van der Waals surface area contributed by atoms with Crippen molar-refractivity contribution in [2.24, 2.45) is 0 Å². The standard InChI is InChI=1S/C16H29NO2Si3/c1-20(2,3)19-16(18)14-8-10-15(11-9-14)17-21(4,5)12-13-22(17,6)7/h8-11H,12-13H2,1-7H3. The molecule has 1 saturated heterocycles. The van der Waals surface area contributed by atoms with E-state index in [2.05, 4.69) is 42.6 Å². The maximum atomic E-state index is 12.2. The van der Waals surface area contributed by atoms with Crippen molar-refractivity contribution in [3.63, 3.8) is 0 Å². The van der Waals surface area contributed by atoms with Crippen LogP contribution in [0.4, 0.5) is 5.69 Å². The minimum absolute atomic E-state index is 0.180. The van der Waals surface area contributed by atoms with E-state index in [0.717, 1.165) is 0 Å². The Hall–Kier alpha value is -0.859. The first-order valence-corrected chi connectivity index (χ1v) is 17.8. The number of carbonyl (C=O) groups excluding carboxylic acids is 1. The molecule has 1 heterocycles. The summed E-state index contributed by atoms with van der Waals surface area (Å²) in [5, 5.41) is 0. The Morgan fingerprint density at radius 1 is 1.00 bits per heavy atom. The highest BCUT2D eigenvalue weighted by Crippen LogP contribution is 2.40. The predicted molar refractivity (Wildman–Crippen MR) is 102 cm³/mol. The number of benzene rings is 1. The Morgan fingerprint density at radius 2 is 1.45 bits per heavy atom. The molecule has 0 saturated carbocycles. The zero-order valence-electron chi connectivity index (χ0n) is 15.0. The molecule has 0 atom stereocenters. The predicted octanol–water partition coefficient (Wildman–Crippen LogP) is 4.91. The van der Waals surface area contributed by atoms with Crippen molar-refractivity contribution in [2.45, 2.75) is 57.9 Å². The second-order valence-corrected chi connectivity index (χ2v) is 22.5. The molecule has 0 radical (unpaired) electrons.